The van der Waals surface area contributed by atoms with Gasteiger partial charge >= 0.3 is 6.18 Å². The number of alkyl halides is 3. The minimum atomic E-state index is -4.69. The minimum absolute atomic E-state index is 0.205. The van der Waals surface area contributed by atoms with Crippen LogP contribution >= 0.6 is 0 Å². The highest BCUT2D eigenvalue weighted by Crippen LogP contribution is 2.32. The normalized spacial score (nSPS) is 12.7. The second-order valence-corrected chi connectivity index (χ2v) is 9.59. The summed E-state index contributed by atoms with van der Waals surface area (Å²) in [5.74, 6) is -0.422. The molecule has 1 heterocycles. The number of hydrogen-bond acceptors (Lipinski definition) is 4. The van der Waals surface area contributed by atoms with Gasteiger partial charge in [-0.1, -0.05) is 29.8 Å². The van der Waals surface area contributed by atoms with Gasteiger partial charge in [0.25, 0.3) is 10.0 Å². The van der Waals surface area contributed by atoms with Crippen molar-refractivity contribution in [2.75, 3.05) is 10.8 Å². The van der Waals surface area contributed by atoms with Gasteiger partial charge in [-0.2, -0.15) is 13.2 Å². The summed E-state index contributed by atoms with van der Waals surface area (Å²) in [6.45, 7) is 3.31. The number of sulfonamides is 1. The van der Waals surface area contributed by atoms with Gasteiger partial charge in [0.1, 0.15) is 0 Å². The van der Waals surface area contributed by atoms with E-state index in [0.29, 0.717) is 11.8 Å². The van der Waals surface area contributed by atoms with Crippen LogP contribution in [0.2, 0.25) is 0 Å². The summed E-state index contributed by atoms with van der Waals surface area (Å²) in [6.07, 6.45) is -3.30. The van der Waals surface area contributed by atoms with Gasteiger partial charge in [-0.05, 0) is 56.3 Å². The Morgan fingerprint density at radius 2 is 1.76 bits per heavy atom. The zero-order valence-electron chi connectivity index (χ0n) is 18.6. The number of aromatic nitrogens is 1. The van der Waals surface area contributed by atoms with E-state index in [1.807, 2.05) is 6.92 Å². The number of aryl methyl sites for hydroxylation is 1. The molecule has 0 bridgehead atoms. The maximum absolute atomic E-state index is 13.4. The minimum Gasteiger partial charge on any atom is -0.348 e. The molecule has 0 aliphatic heterocycles. The van der Waals surface area contributed by atoms with E-state index in [4.69, 9.17) is 0 Å². The second-order valence-electron chi connectivity index (χ2n) is 7.73. The van der Waals surface area contributed by atoms with E-state index < -0.39 is 38.6 Å². The van der Waals surface area contributed by atoms with Crippen molar-refractivity contribution >= 4 is 21.6 Å². The third-order valence-electron chi connectivity index (χ3n) is 5.12. The lowest BCUT2D eigenvalue weighted by Gasteiger charge is -2.25. The quantitative estimate of drug-likeness (QED) is 0.488. The standard InChI is InChI=1S/C24H24F3N3O3S/c1-17-9-11-20(12-10-17)30(15-13-23(31)29-18(2)22-8-3-4-14-28-22)34(32,33)21-7-5-6-19(16-21)24(25,26)27/h3-12,14,16,18H,13,15H2,1-2H3,(H,29,31). The fraction of sp³-hybridized carbons (Fsp3) is 0.250. The lowest BCUT2D eigenvalue weighted by Crippen LogP contribution is -2.36. The first-order valence-electron chi connectivity index (χ1n) is 10.5. The van der Waals surface area contributed by atoms with Crippen LogP contribution in [0.4, 0.5) is 18.9 Å². The summed E-state index contributed by atoms with van der Waals surface area (Å²) < 4.78 is 67.2. The van der Waals surface area contributed by atoms with Crippen LogP contribution in [0, 0.1) is 6.92 Å². The van der Waals surface area contributed by atoms with Gasteiger partial charge in [0.2, 0.25) is 5.91 Å². The highest BCUT2D eigenvalue weighted by Gasteiger charge is 2.33. The third kappa shape index (κ3) is 6.13. The summed E-state index contributed by atoms with van der Waals surface area (Å²) in [7, 11) is -4.39. The molecule has 1 unspecified atom stereocenters. The molecule has 2 aromatic carbocycles. The summed E-state index contributed by atoms with van der Waals surface area (Å²) in [4.78, 5) is 16.2. The van der Waals surface area contributed by atoms with Crippen LogP contribution in [0.25, 0.3) is 0 Å². The average Bonchev–Trinajstić information content (AvgIpc) is 2.80. The Kier molecular flexibility index (Phi) is 7.61. The molecule has 0 fully saturated rings. The molecule has 180 valence electrons. The lowest BCUT2D eigenvalue weighted by atomic mass is 10.2. The van der Waals surface area contributed by atoms with Crippen molar-refractivity contribution in [2.45, 2.75) is 37.4 Å². The van der Waals surface area contributed by atoms with E-state index in [1.165, 1.54) is 0 Å². The Balaban J connectivity index is 1.86. The highest BCUT2D eigenvalue weighted by molar-refractivity contribution is 7.92. The Bertz CT molecular complexity index is 1230. The smallest absolute Gasteiger partial charge is 0.348 e. The maximum atomic E-state index is 13.4. The molecule has 1 amide bonds. The molecule has 0 radical (unpaired) electrons. The number of hydrogen-bond donors (Lipinski definition) is 1. The number of rotatable bonds is 8. The Morgan fingerprint density at radius 1 is 1.06 bits per heavy atom. The van der Waals surface area contributed by atoms with Crippen molar-refractivity contribution < 1.29 is 26.4 Å². The number of benzene rings is 2. The zero-order chi connectivity index (χ0) is 24.9. The molecule has 1 atom stereocenters. The van der Waals surface area contributed by atoms with Crippen molar-refractivity contribution in [2.24, 2.45) is 0 Å². The summed E-state index contributed by atoms with van der Waals surface area (Å²) >= 11 is 0. The predicted octanol–water partition coefficient (Wildman–Crippen LogP) is 4.87. The van der Waals surface area contributed by atoms with Crippen LogP contribution < -0.4 is 9.62 Å². The Morgan fingerprint density at radius 3 is 2.38 bits per heavy atom. The van der Waals surface area contributed by atoms with Crippen LogP contribution in [0.1, 0.15) is 36.2 Å². The van der Waals surface area contributed by atoms with Gasteiger partial charge < -0.3 is 5.32 Å². The zero-order valence-corrected chi connectivity index (χ0v) is 19.4. The van der Waals surface area contributed by atoms with Crippen molar-refractivity contribution in [1.29, 1.82) is 0 Å². The van der Waals surface area contributed by atoms with Crippen LogP contribution in [-0.2, 0) is 21.0 Å². The number of nitrogens with zero attached hydrogens (tertiary/aromatic N) is 2. The fourth-order valence-corrected chi connectivity index (χ4v) is 4.79. The van der Waals surface area contributed by atoms with Crippen LogP contribution in [-0.4, -0.2) is 25.9 Å². The van der Waals surface area contributed by atoms with Gasteiger partial charge in [0.15, 0.2) is 0 Å². The summed E-state index contributed by atoms with van der Waals surface area (Å²) in [5.41, 5.74) is 0.692. The predicted molar refractivity (Wildman–Crippen MR) is 123 cm³/mol. The van der Waals surface area contributed by atoms with Gasteiger partial charge in [-0.3, -0.25) is 14.1 Å². The number of nitrogens with one attached hydrogen (secondary N) is 1. The summed E-state index contributed by atoms with van der Waals surface area (Å²) in [6, 6.07) is 14.9. The molecule has 0 aliphatic carbocycles. The molecular formula is C24H24F3N3O3S. The van der Waals surface area contributed by atoms with Crippen molar-refractivity contribution in [1.82, 2.24) is 10.3 Å². The second kappa shape index (κ2) is 10.3. The molecule has 0 spiro atoms. The molecule has 10 heteroatoms. The number of amides is 1. The first-order chi connectivity index (χ1) is 16.0. The van der Waals surface area contributed by atoms with E-state index in [0.717, 1.165) is 28.1 Å². The number of pyridine rings is 1. The van der Waals surface area contributed by atoms with E-state index in [9.17, 15) is 26.4 Å². The molecule has 1 aromatic heterocycles. The number of anilines is 1. The Hall–Kier alpha value is -3.40. The van der Waals surface area contributed by atoms with Crippen molar-refractivity contribution in [3.63, 3.8) is 0 Å². The SMILES string of the molecule is Cc1ccc(N(CCC(=O)NC(C)c2ccccn2)S(=O)(=O)c2cccc(C(F)(F)F)c2)cc1. The molecular weight excluding hydrogens is 467 g/mol. The third-order valence-corrected chi connectivity index (χ3v) is 6.95. The maximum Gasteiger partial charge on any atom is 0.416 e. The molecule has 0 aliphatic rings. The monoisotopic (exact) mass is 491 g/mol. The first-order valence-corrected chi connectivity index (χ1v) is 11.9. The molecule has 1 N–H and O–H groups in total. The Labute approximate surface area is 196 Å². The van der Waals surface area contributed by atoms with Gasteiger partial charge in [0, 0.05) is 19.2 Å². The van der Waals surface area contributed by atoms with Crippen LogP contribution in [0.5, 0.6) is 0 Å². The molecule has 3 rings (SSSR count). The molecule has 3 aromatic rings. The van der Waals surface area contributed by atoms with Crippen molar-refractivity contribution in [3.05, 3.63) is 89.7 Å². The van der Waals surface area contributed by atoms with Crippen LogP contribution in [0.3, 0.4) is 0 Å². The van der Waals surface area contributed by atoms with E-state index >= 15 is 0 Å². The largest absolute Gasteiger partial charge is 0.416 e. The van der Waals surface area contributed by atoms with Gasteiger partial charge in [0.05, 0.1) is 27.9 Å². The van der Waals surface area contributed by atoms with E-state index in [-0.39, 0.29) is 18.7 Å². The molecule has 34 heavy (non-hydrogen) atoms. The van der Waals surface area contributed by atoms with Crippen LogP contribution in [0.15, 0.2) is 77.8 Å². The van der Waals surface area contributed by atoms with Gasteiger partial charge in [-0.25, -0.2) is 8.42 Å². The fourth-order valence-electron chi connectivity index (χ4n) is 3.28. The first kappa shape index (κ1) is 25.2. The van der Waals surface area contributed by atoms with Gasteiger partial charge in [-0.15, -0.1) is 0 Å². The van der Waals surface area contributed by atoms with E-state index in [1.54, 1.807) is 55.6 Å². The highest BCUT2D eigenvalue weighted by atomic mass is 32.2. The number of carbonyl (C=O) groups excluding carboxylic acids is 1. The lowest BCUT2D eigenvalue weighted by molar-refractivity contribution is -0.137. The average molecular weight is 492 g/mol. The molecule has 0 saturated carbocycles. The summed E-state index contributed by atoms with van der Waals surface area (Å²) in [5, 5.41) is 2.76. The number of halogens is 3. The molecule has 0 saturated heterocycles. The molecule has 6 nitrogen and oxygen atoms in total. The number of carbonyl (C=O) groups is 1. The van der Waals surface area contributed by atoms with Crippen molar-refractivity contribution in [3.8, 4) is 0 Å². The topological polar surface area (TPSA) is 79.4 Å². The van der Waals surface area contributed by atoms with E-state index in [2.05, 4.69) is 10.3 Å².